The third-order valence-electron chi connectivity index (χ3n) is 4.74. The van der Waals surface area contributed by atoms with Crippen molar-refractivity contribution in [2.45, 2.75) is 52.5 Å². The van der Waals surface area contributed by atoms with Crippen LogP contribution in [0.3, 0.4) is 0 Å². The zero-order valence-electron chi connectivity index (χ0n) is 15.2. The Morgan fingerprint density at radius 1 is 1.20 bits per heavy atom. The van der Waals surface area contributed by atoms with Crippen molar-refractivity contribution in [1.29, 1.82) is 0 Å². The van der Waals surface area contributed by atoms with Crippen LogP contribution in [0.1, 0.15) is 54.5 Å². The molecule has 0 aliphatic carbocycles. The average Bonchev–Trinajstić information content (AvgIpc) is 2.62. The molecule has 1 aromatic carbocycles. The number of benzene rings is 1. The molecule has 1 atom stereocenters. The van der Waals surface area contributed by atoms with Crippen LogP contribution in [0.25, 0.3) is 0 Å². The molecule has 1 amide bonds. The zero-order valence-corrected chi connectivity index (χ0v) is 15.2. The summed E-state index contributed by atoms with van der Waals surface area (Å²) in [6, 6.07) is 10.2. The quantitative estimate of drug-likeness (QED) is 0.906. The van der Waals surface area contributed by atoms with Crippen molar-refractivity contribution in [2.24, 2.45) is 0 Å². The van der Waals surface area contributed by atoms with E-state index >= 15 is 0 Å². The van der Waals surface area contributed by atoms with Crippen LogP contribution in [0.5, 0.6) is 0 Å². The molecule has 1 aromatic heterocycles. The molecule has 0 saturated carbocycles. The number of amides is 1. The van der Waals surface area contributed by atoms with Gasteiger partial charge in [-0.2, -0.15) is 0 Å². The lowest BCUT2D eigenvalue weighted by molar-refractivity contribution is 0.0601. The number of nitrogens with one attached hydrogen (secondary N) is 1. The second-order valence-corrected chi connectivity index (χ2v) is 6.73. The fraction of sp³-hybridized carbons (Fsp3) is 0.450. The number of hydrogen-bond acceptors (Lipinski definition) is 4. The van der Waals surface area contributed by atoms with E-state index in [1.54, 1.807) is 6.07 Å². The summed E-state index contributed by atoms with van der Waals surface area (Å²) in [5.41, 5.74) is 2.63. The normalized spacial score (nSPS) is 17.4. The molecule has 132 valence electrons. The van der Waals surface area contributed by atoms with E-state index in [-0.39, 0.29) is 5.91 Å². The van der Waals surface area contributed by atoms with Crippen molar-refractivity contribution in [3.05, 3.63) is 47.4 Å². The smallest absolute Gasteiger partial charge is 0.272 e. The molecule has 1 fully saturated rings. The van der Waals surface area contributed by atoms with Crippen LogP contribution >= 0.6 is 0 Å². The molecule has 2 aromatic rings. The third-order valence-corrected chi connectivity index (χ3v) is 4.74. The highest BCUT2D eigenvalue weighted by Crippen LogP contribution is 2.23. The summed E-state index contributed by atoms with van der Waals surface area (Å²) >= 11 is 0. The minimum Gasteiger partial charge on any atom is -0.340 e. The summed E-state index contributed by atoms with van der Waals surface area (Å²) in [7, 11) is 0. The molecule has 2 heterocycles. The van der Waals surface area contributed by atoms with Gasteiger partial charge in [0.05, 0.1) is 0 Å². The van der Waals surface area contributed by atoms with Crippen molar-refractivity contribution in [3.8, 4) is 0 Å². The predicted octanol–water partition coefficient (Wildman–Crippen LogP) is 4.24. The van der Waals surface area contributed by atoms with Crippen molar-refractivity contribution in [1.82, 2.24) is 14.9 Å². The molecule has 1 aliphatic heterocycles. The van der Waals surface area contributed by atoms with Crippen molar-refractivity contribution in [2.75, 3.05) is 11.9 Å². The topological polar surface area (TPSA) is 58.1 Å². The van der Waals surface area contributed by atoms with Gasteiger partial charge < -0.3 is 10.2 Å². The molecule has 1 saturated heterocycles. The van der Waals surface area contributed by atoms with Gasteiger partial charge in [-0.05, 0) is 51.7 Å². The van der Waals surface area contributed by atoms with Crippen molar-refractivity contribution >= 4 is 17.4 Å². The van der Waals surface area contributed by atoms with Gasteiger partial charge in [-0.25, -0.2) is 9.97 Å². The molecule has 3 rings (SSSR count). The summed E-state index contributed by atoms with van der Waals surface area (Å²) in [5.74, 6) is 1.28. The number of hydrogen-bond donors (Lipinski definition) is 1. The number of rotatable bonds is 4. The molecule has 25 heavy (non-hydrogen) atoms. The standard InChI is InChI=1S/C20H26N4O/c1-4-17-7-5-6-12-24(17)20(25)18-13-19(22-15(3)21-18)23-16-10-8-14(2)9-11-16/h8-11,13,17H,4-7,12H2,1-3H3,(H,21,22,23). The Bertz CT molecular complexity index is 742. The maximum Gasteiger partial charge on any atom is 0.272 e. The summed E-state index contributed by atoms with van der Waals surface area (Å²) < 4.78 is 0. The average molecular weight is 338 g/mol. The van der Waals surface area contributed by atoms with Gasteiger partial charge in [0, 0.05) is 24.3 Å². The van der Waals surface area contributed by atoms with E-state index in [2.05, 4.69) is 29.1 Å². The fourth-order valence-corrected chi connectivity index (χ4v) is 3.37. The third kappa shape index (κ3) is 4.16. The summed E-state index contributed by atoms with van der Waals surface area (Å²) in [4.78, 5) is 23.8. The first kappa shape index (κ1) is 17.4. The SMILES string of the molecule is CCC1CCCCN1C(=O)c1cc(Nc2ccc(C)cc2)nc(C)n1. The van der Waals surface area contributed by atoms with E-state index in [1.165, 1.54) is 12.0 Å². The van der Waals surface area contributed by atoms with Crippen LogP contribution in [-0.4, -0.2) is 33.4 Å². The van der Waals surface area contributed by atoms with Gasteiger partial charge in [-0.1, -0.05) is 24.6 Å². The highest BCUT2D eigenvalue weighted by molar-refractivity contribution is 5.93. The number of carbonyl (C=O) groups is 1. The summed E-state index contributed by atoms with van der Waals surface area (Å²) in [5, 5.41) is 3.27. The first-order valence-electron chi connectivity index (χ1n) is 9.07. The van der Waals surface area contributed by atoms with Gasteiger partial charge in [0.1, 0.15) is 17.3 Å². The van der Waals surface area contributed by atoms with Gasteiger partial charge >= 0.3 is 0 Å². The molecule has 5 nitrogen and oxygen atoms in total. The number of likely N-dealkylation sites (tertiary alicyclic amines) is 1. The highest BCUT2D eigenvalue weighted by Gasteiger charge is 2.27. The Morgan fingerprint density at radius 2 is 1.96 bits per heavy atom. The van der Waals surface area contributed by atoms with E-state index in [0.717, 1.165) is 31.5 Å². The Balaban J connectivity index is 1.83. The van der Waals surface area contributed by atoms with E-state index < -0.39 is 0 Å². The van der Waals surface area contributed by atoms with Gasteiger partial charge in [0.15, 0.2) is 0 Å². The first-order valence-corrected chi connectivity index (χ1v) is 9.07. The van der Waals surface area contributed by atoms with E-state index in [9.17, 15) is 4.79 Å². The van der Waals surface area contributed by atoms with Crippen LogP contribution in [0.2, 0.25) is 0 Å². The number of carbonyl (C=O) groups excluding carboxylic acids is 1. The largest absolute Gasteiger partial charge is 0.340 e. The number of piperidine rings is 1. The molecule has 0 bridgehead atoms. The molecule has 1 unspecified atom stereocenters. The lowest BCUT2D eigenvalue weighted by Crippen LogP contribution is -2.43. The minimum absolute atomic E-state index is 0.0176. The molecule has 1 N–H and O–H groups in total. The molecule has 1 aliphatic rings. The monoisotopic (exact) mass is 338 g/mol. The van der Waals surface area contributed by atoms with Gasteiger partial charge in [-0.15, -0.1) is 0 Å². The van der Waals surface area contributed by atoms with Crippen LogP contribution in [0.15, 0.2) is 30.3 Å². The molecule has 0 spiro atoms. The number of nitrogens with zero attached hydrogens (tertiary/aromatic N) is 3. The van der Waals surface area contributed by atoms with Crippen LogP contribution in [-0.2, 0) is 0 Å². The number of aryl methyl sites for hydroxylation is 2. The maximum atomic E-state index is 13.0. The van der Waals surface area contributed by atoms with Crippen molar-refractivity contribution in [3.63, 3.8) is 0 Å². The van der Waals surface area contributed by atoms with Crippen LogP contribution in [0.4, 0.5) is 11.5 Å². The number of anilines is 2. The van der Waals surface area contributed by atoms with E-state index in [1.807, 2.05) is 36.1 Å². The second kappa shape index (κ2) is 7.64. The van der Waals surface area contributed by atoms with Crippen molar-refractivity contribution < 1.29 is 4.79 Å². The Hall–Kier alpha value is -2.43. The van der Waals surface area contributed by atoms with Gasteiger partial charge in [0.2, 0.25) is 0 Å². The van der Waals surface area contributed by atoms with Gasteiger partial charge in [-0.3, -0.25) is 4.79 Å². The summed E-state index contributed by atoms with van der Waals surface area (Å²) in [6.07, 6.45) is 4.34. The lowest BCUT2D eigenvalue weighted by atomic mass is 9.99. The maximum absolute atomic E-state index is 13.0. The molecular formula is C20H26N4O. The minimum atomic E-state index is 0.0176. The van der Waals surface area contributed by atoms with Crippen LogP contribution in [0, 0.1) is 13.8 Å². The first-order chi connectivity index (χ1) is 12.1. The van der Waals surface area contributed by atoms with E-state index in [0.29, 0.717) is 23.4 Å². The second-order valence-electron chi connectivity index (χ2n) is 6.73. The van der Waals surface area contributed by atoms with Gasteiger partial charge in [0.25, 0.3) is 5.91 Å². The Labute approximate surface area is 149 Å². The Morgan fingerprint density at radius 3 is 2.68 bits per heavy atom. The summed E-state index contributed by atoms with van der Waals surface area (Å²) in [6.45, 7) is 6.84. The van der Waals surface area contributed by atoms with Crippen LogP contribution < -0.4 is 5.32 Å². The van der Waals surface area contributed by atoms with E-state index in [4.69, 9.17) is 0 Å². The predicted molar refractivity (Wildman–Crippen MR) is 100 cm³/mol. The highest BCUT2D eigenvalue weighted by atomic mass is 16.2. The lowest BCUT2D eigenvalue weighted by Gasteiger charge is -2.35. The molecule has 0 radical (unpaired) electrons. The molecular weight excluding hydrogens is 312 g/mol. The Kier molecular flexibility index (Phi) is 5.31. The number of aromatic nitrogens is 2. The fourth-order valence-electron chi connectivity index (χ4n) is 3.37. The zero-order chi connectivity index (χ0) is 17.8. The molecule has 5 heteroatoms.